The van der Waals surface area contributed by atoms with Crippen LogP contribution in [0.25, 0.3) is 0 Å². The van der Waals surface area contributed by atoms with Crippen LogP contribution in [-0.2, 0) is 4.74 Å². The fourth-order valence-corrected chi connectivity index (χ4v) is 4.74. The summed E-state index contributed by atoms with van der Waals surface area (Å²) in [5.41, 5.74) is 0.274. The molecule has 0 saturated carbocycles. The molecule has 0 aromatic heterocycles. The number of hydrogen-bond donors (Lipinski definition) is 1. The average Bonchev–Trinajstić information content (AvgIpc) is 3.04. The number of rotatable bonds is 6. The lowest BCUT2D eigenvalue weighted by Crippen LogP contribution is -2.60. The zero-order valence-corrected chi connectivity index (χ0v) is 15.3. The fourth-order valence-electron chi connectivity index (χ4n) is 3.26. The number of aliphatic imine (C=N–C) groups is 1. The Morgan fingerprint density at radius 1 is 1.41 bits per heavy atom. The van der Waals surface area contributed by atoms with E-state index in [-0.39, 0.29) is 5.54 Å². The van der Waals surface area contributed by atoms with Crippen molar-refractivity contribution in [3.8, 4) is 0 Å². The molecular formula is C16H32N4OS. The van der Waals surface area contributed by atoms with Gasteiger partial charge in [-0.3, -0.25) is 9.89 Å². The van der Waals surface area contributed by atoms with E-state index in [0.29, 0.717) is 0 Å². The van der Waals surface area contributed by atoms with Crippen molar-refractivity contribution in [1.29, 1.82) is 0 Å². The summed E-state index contributed by atoms with van der Waals surface area (Å²) in [5.74, 6) is 3.51. The average molecular weight is 329 g/mol. The third-order valence-electron chi connectivity index (χ3n) is 4.76. The Balaban J connectivity index is 1.93. The van der Waals surface area contributed by atoms with Gasteiger partial charge < -0.3 is 15.0 Å². The van der Waals surface area contributed by atoms with E-state index < -0.39 is 0 Å². The first-order valence-electron chi connectivity index (χ1n) is 8.54. The predicted molar refractivity (Wildman–Crippen MR) is 96.0 cm³/mol. The van der Waals surface area contributed by atoms with Crippen molar-refractivity contribution in [3.05, 3.63) is 0 Å². The SMILES string of the molecule is CCCCN(C)C(=NC)NCC1(N2CCOCC2)CCSC1. The third kappa shape index (κ3) is 4.52. The summed E-state index contributed by atoms with van der Waals surface area (Å²) in [6, 6.07) is 0. The Morgan fingerprint density at radius 2 is 2.18 bits per heavy atom. The Hall–Kier alpha value is -0.460. The minimum Gasteiger partial charge on any atom is -0.379 e. The van der Waals surface area contributed by atoms with Gasteiger partial charge in [0.05, 0.1) is 13.2 Å². The quantitative estimate of drug-likeness (QED) is 0.591. The van der Waals surface area contributed by atoms with Crippen LogP contribution in [0, 0.1) is 0 Å². The van der Waals surface area contributed by atoms with E-state index in [1.165, 1.54) is 30.8 Å². The van der Waals surface area contributed by atoms with Crippen molar-refractivity contribution < 1.29 is 4.74 Å². The van der Waals surface area contributed by atoms with Gasteiger partial charge in [0.1, 0.15) is 0 Å². The van der Waals surface area contributed by atoms with Crippen LogP contribution in [0.4, 0.5) is 0 Å². The standard InChI is InChI=1S/C16H32N4OS/c1-4-5-7-19(3)15(17-2)18-13-16(6-12-22-14-16)20-8-10-21-11-9-20/h4-14H2,1-3H3,(H,17,18). The second kappa shape index (κ2) is 8.99. The van der Waals surface area contributed by atoms with Gasteiger partial charge >= 0.3 is 0 Å². The zero-order chi connectivity index (χ0) is 15.8. The summed E-state index contributed by atoms with van der Waals surface area (Å²) in [7, 11) is 4.02. The van der Waals surface area contributed by atoms with Crippen molar-refractivity contribution in [3.63, 3.8) is 0 Å². The largest absolute Gasteiger partial charge is 0.379 e. The van der Waals surface area contributed by atoms with Crippen LogP contribution in [0.15, 0.2) is 4.99 Å². The predicted octanol–water partition coefficient (Wildman–Crippen LogP) is 1.50. The molecule has 0 radical (unpaired) electrons. The van der Waals surface area contributed by atoms with Crippen molar-refractivity contribution in [1.82, 2.24) is 15.1 Å². The third-order valence-corrected chi connectivity index (χ3v) is 5.99. The van der Waals surface area contributed by atoms with Gasteiger partial charge in [0.15, 0.2) is 5.96 Å². The Bertz CT molecular complexity index is 352. The molecule has 1 unspecified atom stereocenters. The van der Waals surface area contributed by atoms with E-state index in [9.17, 15) is 0 Å². The molecule has 0 amide bonds. The summed E-state index contributed by atoms with van der Waals surface area (Å²) >= 11 is 2.08. The molecule has 5 nitrogen and oxygen atoms in total. The number of nitrogens with one attached hydrogen (secondary N) is 1. The second-order valence-corrected chi connectivity index (χ2v) is 7.41. The van der Waals surface area contributed by atoms with Crippen molar-refractivity contribution in [2.45, 2.75) is 31.7 Å². The second-order valence-electron chi connectivity index (χ2n) is 6.30. The zero-order valence-electron chi connectivity index (χ0n) is 14.4. The lowest BCUT2D eigenvalue weighted by atomic mass is 9.95. The van der Waals surface area contributed by atoms with Gasteiger partial charge in [-0.1, -0.05) is 13.3 Å². The molecule has 2 fully saturated rings. The summed E-state index contributed by atoms with van der Waals surface area (Å²) in [6.07, 6.45) is 3.69. The van der Waals surface area contributed by atoms with Crippen molar-refractivity contribution in [2.24, 2.45) is 4.99 Å². The molecule has 0 aromatic rings. The van der Waals surface area contributed by atoms with Gasteiger partial charge in [-0.05, 0) is 18.6 Å². The highest BCUT2D eigenvalue weighted by atomic mass is 32.2. The smallest absolute Gasteiger partial charge is 0.193 e. The van der Waals surface area contributed by atoms with Gasteiger partial charge in [-0.25, -0.2) is 0 Å². The van der Waals surface area contributed by atoms with E-state index in [1.807, 2.05) is 7.05 Å². The van der Waals surface area contributed by atoms with Crippen LogP contribution < -0.4 is 5.32 Å². The molecular weight excluding hydrogens is 296 g/mol. The van der Waals surface area contributed by atoms with Crippen LogP contribution in [-0.4, -0.2) is 86.3 Å². The molecule has 0 spiro atoms. The van der Waals surface area contributed by atoms with Gasteiger partial charge in [0.2, 0.25) is 0 Å². The number of thioether (sulfide) groups is 1. The minimum absolute atomic E-state index is 0.274. The maximum atomic E-state index is 5.53. The van der Waals surface area contributed by atoms with Crippen molar-refractivity contribution >= 4 is 17.7 Å². The van der Waals surface area contributed by atoms with E-state index in [1.54, 1.807) is 0 Å². The van der Waals surface area contributed by atoms with E-state index >= 15 is 0 Å². The maximum Gasteiger partial charge on any atom is 0.193 e. The van der Waals surface area contributed by atoms with E-state index in [4.69, 9.17) is 4.74 Å². The lowest BCUT2D eigenvalue weighted by molar-refractivity contribution is -0.0121. The number of unbranched alkanes of at least 4 members (excludes halogenated alkanes) is 1. The number of morpholine rings is 1. The summed E-state index contributed by atoms with van der Waals surface area (Å²) in [5, 5.41) is 3.64. The number of guanidine groups is 1. The topological polar surface area (TPSA) is 40.1 Å². The van der Waals surface area contributed by atoms with Gasteiger partial charge in [-0.2, -0.15) is 11.8 Å². The molecule has 2 heterocycles. The normalized spacial score (nSPS) is 27.1. The molecule has 22 heavy (non-hydrogen) atoms. The molecule has 0 bridgehead atoms. The first-order valence-corrected chi connectivity index (χ1v) is 9.69. The molecule has 2 aliphatic heterocycles. The van der Waals surface area contributed by atoms with Gasteiger partial charge in [-0.15, -0.1) is 0 Å². The van der Waals surface area contributed by atoms with Gasteiger partial charge in [0, 0.05) is 51.6 Å². The highest BCUT2D eigenvalue weighted by Crippen LogP contribution is 2.33. The fraction of sp³-hybridized carbons (Fsp3) is 0.938. The molecule has 2 saturated heterocycles. The first kappa shape index (κ1) is 17.9. The molecule has 1 N–H and O–H groups in total. The molecule has 6 heteroatoms. The van der Waals surface area contributed by atoms with Crippen LogP contribution in [0.3, 0.4) is 0 Å². The molecule has 2 rings (SSSR count). The van der Waals surface area contributed by atoms with Crippen molar-refractivity contribution in [2.75, 3.05) is 65.0 Å². The summed E-state index contributed by atoms with van der Waals surface area (Å²) in [4.78, 5) is 9.35. The van der Waals surface area contributed by atoms with E-state index in [0.717, 1.165) is 45.4 Å². The highest BCUT2D eigenvalue weighted by molar-refractivity contribution is 7.99. The Kier molecular flexibility index (Phi) is 7.31. The monoisotopic (exact) mass is 328 g/mol. The first-order chi connectivity index (χ1) is 10.7. The molecule has 1 atom stereocenters. The Labute approximate surface area is 139 Å². The van der Waals surface area contributed by atoms with E-state index in [2.05, 4.69) is 45.8 Å². The number of ether oxygens (including phenoxy) is 1. The summed E-state index contributed by atoms with van der Waals surface area (Å²) in [6.45, 7) is 8.15. The number of nitrogens with zero attached hydrogens (tertiary/aromatic N) is 3. The molecule has 0 aromatic carbocycles. The van der Waals surface area contributed by atoms with Crippen LogP contribution in [0.1, 0.15) is 26.2 Å². The lowest BCUT2D eigenvalue weighted by Gasteiger charge is -2.43. The molecule has 128 valence electrons. The highest BCUT2D eigenvalue weighted by Gasteiger charge is 2.40. The van der Waals surface area contributed by atoms with Gasteiger partial charge in [0.25, 0.3) is 0 Å². The molecule has 2 aliphatic rings. The van der Waals surface area contributed by atoms with Crippen LogP contribution in [0.5, 0.6) is 0 Å². The number of hydrogen-bond acceptors (Lipinski definition) is 4. The van der Waals surface area contributed by atoms with Crippen LogP contribution in [0.2, 0.25) is 0 Å². The Morgan fingerprint density at radius 3 is 2.77 bits per heavy atom. The maximum absolute atomic E-state index is 5.53. The molecule has 0 aliphatic carbocycles. The van der Waals surface area contributed by atoms with Crippen LogP contribution >= 0.6 is 11.8 Å². The minimum atomic E-state index is 0.274. The summed E-state index contributed by atoms with van der Waals surface area (Å²) < 4.78 is 5.53.